The number of non-ortho nitro benzene ring substituents is 1. The molecule has 0 atom stereocenters. The Morgan fingerprint density at radius 2 is 2.20 bits per heavy atom. The number of halogens is 2. The van der Waals surface area contributed by atoms with E-state index in [0.717, 1.165) is 17.7 Å². The molecule has 10 heteroatoms. The van der Waals surface area contributed by atoms with E-state index in [0.29, 0.717) is 6.54 Å². The highest BCUT2D eigenvalue weighted by molar-refractivity contribution is 5.91. The van der Waals surface area contributed by atoms with Gasteiger partial charge in [0.05, 0.1) is 22.9 Å². The number of carbonyl (C=O) groups is 1. The van der Waals surface area contributed by atoms with Crippen LogP contribution in [0.5, 0.6) is 5.75 Å². The van der Waals surface area contributed by atoms with Gasteiger partial charge in [-0.15, -0.1) is 0 Å². The lowest BCUT2D eigenvalue weighted by molar-refractivity contribution is -0.384. The first kappa shape index (κ1) is 18.3. The van der Waals surface area contributed by atoms with E-state index in [1.807, 2.05) is 6.92 Å². The summed E-state index contributed by atoms with van der Waals surface area (Å²) in [6.45, 7) is 1.31. The molecule has 1 heterocycles. The van der Waals surface area contributed by atoms with Gasteiger partial charge >= 0.3 is 0 Å². The standard InChI is InChI=1S/C15H16F2N4O4/c1-10-7-18-20(8-10)3-2-15(22)19-11-4-12(21(23)24)6-13(5-11)25-9-14(16)17/h4-8,14H,2-3,9H2,1H3,(H,19,22). The molecule has 0 spiro atoms. The van der Waals surface area contributed by atoms with Gasteiger partial charge in [-0.3, -0.25) is 19.6 Å². The summed E-state index contributed by atoms with van der Waals surface area (Å²) >= 11 is 0. The Morgan fingerprint density at radius 1 is 1.44 bits per heavy atom. The SMILES string of the molecule is Cc1cnn(CCC(=O)Nc2cc(OCC(F)F)cc([N+](=O)[O-])c2)c1. The molecule has 2 aromatic rings. The number of amides is 1. The van der Waals surface area contributed by atoms with Crippen molar-refractivity contribution in [1.82, 2.24) is 9.78 Å². The molecule has 0 aliphatic rings. The number of nitrogens with one attached hydrogen (secondary N) is 1. The van der Waals surface area contributed by atoms with Crippen LogP contribution < -0.4 is 10.1 Å². The number of aromatic nitrogens is 2. The molecule has 0 fully saturated rings. The Labute approximate surface area is 141 Å². The summed E-state index contributed by atoms with van der Waals surface area (Å²) < 4.78 is 30.8. The summed E-state index contributed by atoms with van der Waals surface area (Å²) in [6.07, 6.45) is 0.814. The summed E-state index contributed by atoms with van der Waals surface area (Å²) in [7, 11) is 0. The van der Waals surface area contributed by atoms with Crippen molar-refractivity contribution in [2.24, 2.45) is 0 Å². The van der Waals surface area contributed by atoms with Crippen LogP contribution in [-0.2, 0) is 11.3 Å². The predicted molar refractivity (Wildman–Crippen MR) is 84.8 cm³/mol. The smallest absolute Gasteiger partial charge is 0.275 e. The van der Waals surface area contributed by atoms with E-state index < -0.39 is 23.9 Å². The van der Waals surface area contributed by atoms with Crippen molar-refractivity contribution in [2.75, 3.05) is 11.9 Å². The fourth-order valence-electron chi connectivity index (χ4n) is 2.03. The van der Waals surface area contributed by atoms with Crippen LogP contribution in [0.2, 0.25) is 0 Å². The number of alkyl halides is 2. The average Bonchev–Trinajstić information content (AvgIpc) is 2.96. The minimum atomic E-state index is -2.71. The fraction of sp³-hybridized carbons (Fsp3) is 0.333. The van der Waals surface area contributed by atoms with Crippen LogP contribution in [0.25, 0.3) is 0 Å². The lowest BCUT2D eigenvalue weighted by Crippen LogP contribution is -2.15. The number of ether oxygens (including phenoxy) is 1. The zero-order valence-electron chi connectivity index (χ0n) is 13.3. The van der Waals surface area contributed by atoms with Crippen LogP contribution in [-0.4, -0.2) is 33.6 Å². The second kappa shape index (κ2) is 8.18. The van der Waals surface area contributed by atoms with Crippen molar-refractivity contribution in [2.45, 2.75) is 26.3 Å². The van der Waals surface area contributed by atoms with E-state index >= 15 is 0 Å². The number of nitro benzene ring substituents is 1. The van der Waals surface area contributed by atoms with Crippen molar-refractivity contribution in [3.05, 3.63) is 46.3 Å². The summed E-state index contributed by atoms with van der Waals surface area (Å²) in [5.41, 5.74) is 0.685. The number of carbonyl (C=O) groups excluding carboxylic acids is 1. The molecule has 0 unspecified atom stereocenters. The molecule has 8 nitrogen and oxygen atoms in total. The van der Waals surface area contributed by atoms with E-state index in [1.165, 1.54) is 6.07 Å². The lowest BCUT2D eigenvalue weighted by Gasteiger charge is -2.09. The van der Waals surface area contributed by atoms with Crippen molar-refractivity contribution in [3.8, 4) is 5.75 Å². The normalized spacial score (nSPS) is 10.7. The molecule has 0 aliphatic carbocycles. The second-order valence-electron chi connectivity index (χ2n) is 5.25. The third kappa shape index (κ3) is 5.83. The van der Waals surface area contributed by atoms with Crippen LogP contribution in [0, 0.1) is 17.0 Å². The monoisotopic (exact) mass is 354 g/mol. The van der Waals surface area contributed by atoms with Crippen molar-refractivity contribution in [3.63, 3.8) is 0 Å². The molecule has 0 radical (unpaired) electrons. The Kier molecular flexibility index (Phi) is 5.98. The molecular formula is C15H16F2N4O4. The Morgan fingerprint density at radius 3 is 2.80 bits per heavy atom. The molecule has 0 bridgehead atoms. The minimum Gasteiger partial charge on any atom is -0.487 e. The number of benzene rings is 1. The van der Waals surface area contributed by atoms with Crippen molar-refractivity contribution in [1.29, 1.82) is 0 Å². The van der Waals surface area contributed by atoms with Crippen LogP contribution in [0.15, 0.2) is 30.6 Å². The maximum Gasteiger partial charge on any atom is 0.275 e. The van der Waals surface area contributed by atoms with Crippen LogP contribution in [0.1, 0.15) is 12.0 Å². The molecule has 1 aromatic carbocycles. The van der Waals surface area contributed by atoms with E-state index in [1.54, 1.807) is 17.1 Å². The maximum atomic E-state index is 12.2. The van der Waals surface area contributed by atoms with E-state index in [4.69, 9.17) is 4.74 Å². The van der Waals surface area contributed by atoms with E-state index in [9.17, 15) is 23.7 Å². The Bertz CT molecular complexity index is 764. The highest BCUT2D eigenvalue weighted by atomic mass is 19.3. The summed E-state index contributed by atoms with van der Waals surface area (Å²) in [5.74, 6) is -0.513. The maximum absolute atomic E-state index is 12.2. The summed E-state index contributed by atoms with van der Waals surface area (Å²) in [5, 5.41) is 17.5. The van der Waals surface area contributed by atoms with Gasteiger partial charge in [-0.2, -0.15) is 5.10 Å². The first-order valence-electron chi connectivity index (χ1n) is 7.33. The molecule has 0 saturated carbocycles. The molecule has 25 heavy (non-hydrogen) atoms. The number of anilines is 1. The molecule has 0 aliphatic heterocycles. The third-order valence-electron chi connectivity index (χ3n) is 3.09. The topological polar surface area (TPSA) is 99.3 Å². The molecule has 2 rings (SSSR count). The van der Waals surface area contributed by atoms with Crippen LogP contribution in [0.3, 0.4) is 0 Å². The Balaban J connectivity index is 2.03. The number of aryl methyl sites for hydroxylation is 2. The second-order valence-corrected chi connectivity index (χ2v) is 5.25. The van der Waals surface area contributed by atoms with Gasteiger partial charge in [0.2, 0.25) is 5.91 Å². The zero-order chi connectivity index (χ0) is 18.4. The quantitative estimate of drug-likeness (QED) is 0.580. The minimum absolute atomic E-state index is 0.0943. The van der Waals surface area contributed by atoms with E-state index in [-0.39, 0.29) is 23.5 Å². The van der Waals surface area contributed by atoms with Crippen molar-refractivity contribution < 1.29 is 23.2 Å². The van der Waals surface area contributed by atoms with Crippen LogP contribution in [0.4, 0.5) is 20.2 Å². The number of nitro groups is 1. The summed E-state index contributed by atoms with van der Waals surface area (Å²) in [6, 6.07) is 3.40. The first-order chi connectivity index (χ1) is 11.8. The third-order valence-corrected chi connectivity index (χ3v) is 3.09. The first-order valence-corrected chi connectivity index (χ1v) is 7.33. The van der Waals surface area contributed by atoms with E-state index in [2.05, 4.69) is 10.4 Å². The van der Waals surface area contributed by atoms with Gasteiger partial charge in [-0.05, 0) is 12.5 Å². The fourth-order valence-corrected chi connectivity index (χ4v) is 2.03. The van der Waals surface area contributed by atoms with Gasteiger partial charge in [0, 0.05) is 31.3 Å². The highest BCUT2D eigenvalue weighted by Crippen LogP contribution is 2.26. The number of hydrogen-bond acceptors (Lipinski definition) is 5. The summed E-state index contributed by atoms with van der Waals surface area (Å²) in [4.78, 5) is 22.2. The largest absolute Gasteiger partial charge is 0.487 e. The highest BCUT2D eigenvalue weighted by Gasteiger charge is 2.14. The van der Waals surface area contributed by atoms with Gasteiger partial charge in [0.25, 0.3) is 12.1 Å². The molecule has 1 aromatic heterocycles. The molecule has 1 amide bonds. The molecule has 134 valence electrons. The van der Waals surface area contributed by atoms with Gasteiger partial charge in [-0.1, -0.05) is 0 Å². The molecule has 0 saturated heterocycles. The predicted octanol–water partition coefficient (Wildman–Crippen LogP) is 2.77. The number of nitrogens with zero attached hydrogens (tertiary/aromatic N) is 3. The van der Waals surface area contributed by atoms with Crippen LogP contribution >= 0.6 is 0 Å². The Hall–Kier alpha value is -3.04. The van der Waals surface area contributed by atoms with Gasteiger partial charge in [-0.25, -0.2) is 8.78 Å². The molecule has 1 N–H and O–H groups in total. The van der Waals surface area contributed by atoms with Gasteiger partial charge in [0.15, 0.2) is 0 Å². The lowest BCUT2D eigenvalue weighted by atomic mass is 10.2. The van der Waals surface area contributed by atoms with Crippen molar-refractivity contribution >= 4 is 17.3 Å². The molecular weight excluding hydrogens is 338 g/mol. The number of hydrogen-bond donors (Lipinski definition) is 1. The number of rotatable bonds is 8. The van der Waals surface area contributed by atoms with Gasteiger partial charge in [0.1, 0.15) is 12.4 Å². The van der Waals surface area contributed by atoms with Gasteiger partial charge < -0.3 is 10.1 Å². The zero-order valence-corrected chi connectivity index (χ0v) is 13.3. The average molecular weight is 354 g/mol.